The van der Waals surface area contributed by atoms with Crippen molar-refractivity contribution in [2.24, 2.45) is 21.9 Å². The van der Waals surface area contributed by atoms with Gasteiger partial charge in [-0.15, -0.1) is 0 Å². The van der Waals surface area contributed by atoms with Gasteiger partial charge in [0, 0.05) is 0 Å². The number of likely N-dealkylation sites (tertiary alicyclic amines) is 1. The molecular weight excluding hydrogens is 653 g/mol. The number of hydrogen-bond donors (Lipinski definition) is 2. The van der Waals surface area contributed by atoms with E-state index in [0.29, 0.717) is 22.3 Å². The van der Waals surface area contributed by atoms with Crippen LogP contribution in [0.25, 0.3) is 0 Å². The summed E-state index contributed by atoms with van der Waals surface area (Å²) in [5.74, 6) is 1.60. The number of aliphatic imine (C=N–C) groups is 1. The van der Waals surface area contributed by atoms with Gasteiger partial charge in [-0.2, -0.15) is 0 Å². The molecule has 160 valence electrons. The molecule has 2 fully saturated rings. The molecule has 3 heterocycles. The third kappa shape index (κ3) is 5.05. The summed E-state index contributed by atoms with van der Waals surface area (Å²) in [6, 6.07) is 0.368. The monoisotopic (exact) mass is 676 g/mol. The van der Waals surface area contributed by atoms with Crippen molar-refractivity contribution >= 4 is 40.8 Å². The van der Waals surface area contributed by atoms with Crippen LogP contribution in [0.1, 0.15) is 32.1 Å². The summed E-state index contributed by atoms with van der Waals surface area (Å²) in [5.41, 5.74) is 13.2. The predicted molar refractivity (Wildman–Crippen MR) is 116 cm³/mol. The molecule has 4 nitrogen and oxygen atoms in total. The zero-order chi connectivity index (χ0) is 20.4. The minimum absolute atomic E-state index is 0.274. The van der Waals surface area contributed by atoms with Gasteiger partial charge in [0.1, 0.15) is 0 Å². The van der Waals surface area contributed by atoms with Gasteiger partial charge in [0.15, 0.2) is 0 Å². The Bertz CT molecular complexity index is 855. The molecule has 29 heavy (non-hydrogen) atoms. The van der Waals surface area contributed by atoms with Gasteiger partial charge in [0.25, 0.3) is 0 Å². The molecule has 4 rings (SSSR count). The molecular formula is C20H24Cl2I2N4S-2. The molecule has 0 unspecified atom stereocenters. The Morgan fingerprint density at radius 2 is 1.97 bits per heavy atom. The first kappa shape index (κ1) is 22.5. The van der Waals surface area contributed by atoms with E-state index in [2.05, 4.69) is 17.1 Å². The van der Waals surface area contributed by atoms with Gasteiger partial charge in [-0.05, 0) is 0 Å². The Kier molecular flexibility index (Phi) is 7.65. The second kappa shape index (κ2) is 9.85. The number of rotatable bonds is 3. The molecule has 1 spiro atoms. The first-order chi connectivity index (χ1) is 14.0. The first-order valence-corrected chi connectivity index (χ1v) is 16.0. The molecule has 1 saturated carbocycles. The second-order valence-corrected chi connectivity index (χ2v) is 14.4. The van der Waals surface area contributed by atoms with Crippen molar-refractivity contribution < 1.29 is 42.4 Å². The number of piperidine rings is 1. The Morgan fingerprint density at radius 3 is 2.69 bits per heavy atom. The number of amidine groups is 1. The van der Waals surface area contributed by atoms with Crippen LogP contribution in [0.5, 0.6) is 0 Å². The van der Waals surface area contributed by atoms with Crippen molar-refractivity contribution in [3.05, 3.63) is 48.1 Å². The van der Waals surface area contributed by atoms with Gasteiger partial charge in [0.05, 0.1) is 0 Å². The number of nitrogens with zero attached hydrogens (tertiary/aromatic N) is 2. The average Bonchev–Trinajstić information content (AvgIpc) is 2.86. The van der Waals surface area contributed by atoms with Crippen molar-refractivity contribution in [1.29, 1.82) is 0 Å². The van der Waals surface area contributed by atoms with E-state index >= 15 is 0 Å². The molecule has 0 aromatic rings. The van der Waals surface area contributed by atoms with Gasteiger partial charge >= 0.3 is 209 Å². The van der Waals surface area contributed by atoms with E-state index in [-0.39, 0.29) is 42.4 Å². The molecule has 1 atom stereocenters. The van der Waals surface area contributed by atoms with Gasteiger partial charge in [-0.3, -0.25) is 0 Å². The van der Waals surface area contributed by atoms with Crippen LogP contribution >= 0.6 is 35.0 Å². The third-order valence-corrected chi connectivity index (χ3v) is 12.9. The van der Waals surface area contributed by atoms with Crippen LogP contribution in [-0.4, -0.2) is 29.9 Å². The van der Waals surface area contributed by atoms with E-state index < -0.39 is 0 Å². The Hall–Kier alpha value is 0.320. The van der Waals surface area contributed by atoms with E-state index in [1.54, 1.807) is 11.8 Å². The predicted octanol–water partition coefficient (Wildman–Crippen LogP) is -1.44. The van der Waals surface area contributed by atoms with E-state index in [1.807, 2.05) is 12.2 Å². The summed E-state index contributed by atoms with van der Waals surface area (Å²) >= 11 is 13.8. The van der Waals surface area contributed by atoms with Crippen molar-refractivity contribution in [1.82, 2.24) is 4.90 Å². The van der Waals surface area contributed by atoms with Crippen LogP contribution in [0.15, 0.2) is 53.1 Å². The number of thioether (sulfide) groups is 1. The number of hydrogen-bond acceptors (Lipinski definition) is 5. The Morgan fingerprint density at radius 1 is 1.17 bits per heavy atom. The third-order valence-electron chi connectivity index (χ3n) is 5.95. The van der Waals surface area contributed by atoms with Crippen LogP contribution in [0, 0.1) is 5.41 Å². The van der Waals surface area contributed by atoms with Gasteiger partial charge < -0.3 is 0 Å². The fraction of sp³-hybridized carbons (Fsp3) is 0.450. The molecule has 0 aromatic heterocycles. The molecule has 0 radical (unpaired) electrons. The van der Waals surface area contributed by atoms with E-state index in [4.69, 9.17) is 39.7 Å². The molecule has 4 aliphatic rings. The standard InChI is InChI=1S/C20H24Cl2I2N4S/c21-17-13(3-2-8-24-18(17)22)29-14-11-23-12-16(27-19(14)26)28-9-6-20(7-10-28)5-1-4-15(20)25/h2-3,8,11-12,15H,1,4-7,9-10,25H2,(H2,26,27)/q-2/t15-/m1/s1. The maximum atomic E-state index is 6.48. The van der Waals surface area contributed by atoms with E-state index in [1.165, 1.54) is 19.3 Å². The van der Waals surface area contributed by atoms with Crippen molar-refractivity contribution in [3.63, 3.8) is 0 Å². The summed E-state index contributed by atoms with van der Waals surface area (Å²) in [4.78, 5) is 9.13. The topological polar surface area (TPSA) is 67.6 Å². The fourth-order valence-corrected chi connectivity index (χ4v) is 9.80. The quantitative estimate of drug-likeness (QED) is 0.360. The summed E-state index contributed by atoms with van der Waals surface area (Å²) in [5, 5.41) is 0.646. The van der Waals surface area contributed by atoms with Crippen LogP contribution in [0.2, 0.25) is 0 Å². The van der Waals surface area contributed by atoms with Gasteiger partial charge in [-0.25, -0.2) is 0 Å². The normalized spacial score (nSPS) is 27.8. The number of nitrogens with two attached hydrogens (primary N) is 2. The number of allylic oxidation sites excluding steroid dienone is 3. The molecule has 1 aliphatic carbocycles. The summed E-state index contributed by atoms with van der Waals surface area (Å²) in [6.45, 7) is 2.04. The SMILES string of the molecule is NC1=NC(N2CCC3(CCC[C@H]3N)CC2)=C[I-]C=C1SC1=CC=C[I-]C(Cl)=C1Cl. The molecule has 9 heteroatoms. The van der Waals surface area contributed by atoms with Gasteiger partial charge in [0.2, 0.25) is 0 Å². The average molecular weight is 677 g/mol. The number of halogens is 4. The van der Waals surface area contributed by atoms with Crippen LogP contribution in [0.4, 0.5) is 0 Å². The fourth-order valence-electron chi connectivity index (χ4n) is 4.21. The van der Waals surface area contributed by atoms with Crippen molar-refractivity contribution in [2.45, 2.75) is 38.1 Å². The summed E-state index contributed by atoms with van der Waals surface area (Å²) in [7, 11) is 0. The van der Waals surface area contributed by atoms with Crippen LogP contribution in [-0.2, 0) is 0 Å². The molecule has 0 amide bonds. The zero-order valence-corrected chi connectivity index (χ0v) is 22.5. The van der Waals surface area contributed by atoms with E-state index in [9.17, 15) is 0 Å². The summed E-state index contributed by atoms with van der Waals surface area (Å²) in [6.07, 6.45) is 10.1. The first-order valence-electron chi connectivity index (χ1n) is 9.60. The maximum absolute atomic E-state index is 6.48. The molecule has 0 bridgehead atoms. The van der Waals surface area contributed by atoms with Crippen LogP contribution in [0.3, 0.4) is 0 Å². The second-order valence-electron chi connectivity index (χ2n) is 7.55. The zero-order valence-electron chi connectivity index (χ0n) is 15.9. The molecule has 3 aliphatic heterocycles. The van der Waals surface area contributed by atoms with Crippen molar-refractivity contribution in [3.8, 4) is 0 Å². The van der Waals surface area contributed by atoms with Gasteiger partial charge in [-0.1, -0.05) is 0 Å². The Balaban J connectivity index is 1.44. The molecule has 4 N–H and O–H groups in total. The molecule has 1 saturated heterocycles. The van der Waals surface area contributed by atoms with Crippen LogP contribution < -0.4 is 53.9 Å². The summed E-state index contributed by atoms with van der Waals surface area (Å²) < 4.78 is 7.39. The molecule has 0 aromatic carbocycles. The van der Waals surface area contributed by atoms with Crippen molar-refractivity contribution in [2.75, 3.05) is 13.1 Å². The Labute approximate surface area is 207 Å². The minimum atomic E-state index is -0.344. The van der Waals surface area contributed by atoms with E-state index in [0.717, 1.165) is 44.6 Å².